The first-order valence-electron chi connectivity index (χ1n) is 5.90. The van der Waals surface area contributed by atoms with Gasteiger partial charge in [0.15, 0.2) is 0 Å². The van der Waals surface area contributed by atoms with Gasteiger partial charge in [0.1, 0.15) is 11.5 Å². The topological polar surface area (TPSA) is 79.2 Å². The van der Waals surface area contributed by atoms with Gasteiger partial charge in [-0.2, -0.15) is 0 Å². The zero-order valence-corrected chi connectivity index (χ0v) is 11.1. The lowest BCUT2D eigenvalue weighted by Gasteiger charge is -2.22. The molecule has 0 fully saturated rings. The molecule has 0 atom stereocenters. The van der Waals surface area contributed by atoms with Crippen LogP contribution in [-0.2, 0) is 4.74 Å². The number of phenols is 1. The Morgan fingerprint density at radius 3 is 2.63 bits per heavy atom. The van der Waals surface area contributed by atoms with Gasteiger partial charge >= 0.3 is 0 Å². The summed E-state index contributed by atoms with van der Waals surface area (Å²) in [4.78, 5) is 13.7. The van der Waals surface area contributed by atoms with Crippen molar-refractivity contribution in [1.82, 2.24) is 4.90 Å². The van der Waals surface area contributed by atoms with Gasteiger partial charge in [-0.3, -0.25) is 4.79 Å². The van der Waals surface area contributed by atoms with E-state index in [-0.39, 0.29) is 30.4 Å². The van der Waals surface area contributed by atoms with E-state index in [9.17, 15) is 9.90 Å². The molecule has 6 heteroatoms. The highest BCUT2D eigenvalue weighted by molar-refractivity contribution is 5.97. The fourth-order valence-electron chi connectivity index (χ4n) is 1.62. The van der Waals surface area contributed by atoms with E-state index in [1.54, 1.807) is 6.07 Å². The molecule has 0 heterocycles. The number of aromatic hydroxyl groups is 1. The SMILES string of the molecule is COCCN(CCO)C(=O)c1cc(OC)ccc1O. The molecule has 106 valence electrons. The fourth-order valence-corrected chi connectivity index (χ4v) is 1.62. The Hall–Kier alpha value is -1.79. The van der Waals surface area contributed by atoms with Crippen molar-refractivity contribution in [1.29, 1.82) is 0 Å². The Morgan fingerprint density at radius 2 is 2.05 bits per heavy atom. The van der Waals surface area contributed by atoms with Crippen molar-refractivity contribution in [2.24, 2.45) is 0 Å². The molecule has 0 aliphatic rings. The van der Waals surface area contributed by atoms with Crippen molar-refractivity contribution >= 4 is 5.91 Å². The number of carbonyl (C=O) groups excluding carboxylic acids is 1. The first kappa shape index (κ1) is 15.3. The zero-order valence-electron chi connectivity index (χ0n) is 11.1. The van der Waals surface area contributed by atoms with Gasteiger partial charge in [0.25, 0.3) is 5.91 Å². The first-order valence-corrected chi connectivity index (χ1v) is 5.90. The summed E-state index contributed by atoms with van der Waals surface area (Å²) in [7, 11) is 3.02. The fraction of sp³-hybridized carbons (Fsp3) is 0.462. The number of phenolic OH excluding ortho intramolecular Hbond substituents is 1. The van der Waals surface area contributed by atoms with Crippen molar-refractivity contribution in [3.63, 3.8) is 0 Å². The monoisotopic (exact) mass is 269 g/mol. The molecule has 1 aromatic carbocycles. The van der Waals surface area contributed by atoms with Crippen molar-refractivity contribution in [2.45, 2.75) is 0 Å². The van der Waals surface area contributed by atoms with Crippen LogP contribution in [0.5, 0.6) is 11.5 Å². The number of aliphatic hydroxyl groups excluding tert-OH is 1. The summed E-state index contributed by atoms with van der Waals surface area (Å²) in [5.41, 5.74) is 0.143. The van der Waals surface area contributed by atoms with Crippen LogP contribution in [0, 0.1) is 0 Å². The maximum atomic E-state index is 12.3. The smallest absolute Gasteiger partial charge is 0.257 e. The van der Waals surface area contributed by atoms with E-state index in [4.69, 9.17) is 14.6 Å². The normalized spacial score (nSPS) is 10.3. The average Bonchev–Trinajstić information content (AvgIpc) is 2.43. The van der Waals surface area contributed by atoms with Gasteiger partial charge in [-0.1, -0.05) is 0 Å². The molecule has 0 spiro atoms. The standard InChI is InChI=1S/C13H19NO5/c1-18-8-6-14(5-7-15)13(17)11-9-10(19-2)3-4-12(11)16/h3-4,9,15-16H,5-8H2,1-2H3. The second-order valence-corrected chi connectivity index (χ2v) is 3.89. The summed E-state index contributed by atoms with van der Waals surface area (Å²) in [5, 5.41) is 18.7. The van der Waals surface area contributed by atoms with Crippen LogP contribution >= 0.6 is 0 Å². The van der Waals surface area contributed by atoms with E-state index < -0.39 is 0 Å². The molecule has 6 nitrogen and oxygen atoms in total. The largest absolute Gasteiger partial charge is 0.507 e. The minimum absolute atomic E-state index is 0.119. The number of rotatable bonds is 7. The molecule has 0 saturated carbocycles. The van der Waals surface area contributed by atoms with Crippen LogP contribution in [-0.4, -0.2) is 61.5 Å². The molecule has 1 aromatic rings. The van der Waals surface area contributed by atoms with Crippen molar-refractivity contribution in [2.75, 3.05) is 40.5 Å². The van der Waals surface area contributed by atoms with E-state index in [1.165, 1.54) is 31.3 Å². The third kappa shape index (κ3) is 4.11. The summed E-state index contributed by atoms with van der Waals surface area (Å²) in [6, 6.07) is 4.44. The van der Waals surface area contributed by atoms with Crippen LogP contribution in [0.15, 0.2) is 18.2 Å². The van der Waals surface area contributed by atoms with Crippen LogP contribution < -0.4 is 4.74 Å². The lowest BCUT2D eigenvalue weighted by Crippen LogP contribution is -2.36. The number of methoxy groups -OCH3 is 2. The van der Waals surface area contributed by atoms with Gasteiger partial charge in [-0.25, -0.2) is 0 Å². The highest BCUT2D eigenvalue weighted by atomic mass is 16.5. The van der Waals surface area contributed by atoms with Gasteiger partial charge in [-0.05, 0) is 18.2 Å². The van der Waals surface area contributed by atoms with E-state index in [0.29, 0.717) is 18.9 Å². The third-order valence-corrected chi connectivity index (χ3v) is 2.66. The summed E-state index contributed by atoms with van der Waals surface area (Å²) in [6.07, 6.45) is 0. The molecule has 2 N–H and O–H groups in total. The second-order valence-electron chi connectivity index (χ2n) is 3.89. The molecule has 0 radical (unpaired) electrons. The number of nitrogens with zero attached hydrogens (tertiary/aromatic N) is 1. The van der Waals surface area contributed by atoms with E-state index in [2.05, 4.69) is 0 Å². The molecule has 19 heavy (non-hydrogen) atoms. The maximum Gasteiger partial charge on any atom is 0.257 e. The zero-order chi connectivity index (χ0) is 14.3. The lowest BCUT2D eigenvalue weighted by atomic mass is 10.1. The number of aliphatic hydroxyl groups is 1. The van der Waals surface area contributed by atoms with Crippen LogP contribution in [0.2, 0.25) is 0 Å². The maximum absolute atomic E-state index is 12.3. The number of amides is 1. The average molecular weight is 269 g/mol. The molecule has 0 bridgehead atoms. The van der Waals surface area contributed by atoms with Gasteiger partial charge in [-0.15, -0.1) is 0 Å². The number of carbonyl (C=O) groups is 1. The molecule has 0 unspecified atom stereocenters. The molecule has 1 amide bonds. The highest BCUT2D eigenvalue weighted by Gasteiger charge is 2.19. The molecule has 0 saturated heterocycles. The van der Waals surface area contributed by atoms with E-state index in [1.807, 2.05) is 0 Å². The molecule has 0 aromatic heterocycles. The Balaban J connectivity index is 2.94. The molecular formula is C13H19NO5. The Kier molecular flexibility index (Phi) is 6.11. The van der Waals surface area contributed by atoms with E-state index in [0.717, 1.165) is 0 Å². The van der Waals surface area contributed by atoms with Crippen LogP contribution in [0.25, 0.3) is 0 Å². The van der Waals surface area contributed by atoms with Gasteiger partial charge in [0.2, 0.25) is 0 Å². The minimum Gasteiger partial charge on any atom is -0.507 e. The highest BCUT2D eigenvalue weighted by Crippen LogP contribution is 2.24. The van der Waals surface area contributed by atoms with Crippen molar-refractivity contribution in [3.05, 3.63) is 23.8 Å². The van der Waals surface area contributed by atoms with Crippen LogP contribution in [0.4, 0.5) is 0 Å². The third-order valence-electron chi connectivity index (χ3n) is 2.66. The van der Waals surface area contributed by atoms with Gasteiger partial charge in [0.05, 0.1) is 25.9 Å². The number of hydrogen-bond acceptors (Lipinski definition) is 5. The Bertz CT molecular complexity index is 421. The summed E-state index contributed by atoms with van der Waals surface area (Å²) >= 11 is 0. The van der Waals surface area contributed by atoms with Crippen LogP contribution in [0.3, 0.4) is 0 Å². The molecular weight excluding hydrogens is 250 g/mol. The first-order chi connectivity index (χ1) is 9.13. The predicted octanol–water partition coefficient (Wildman–Crippen LogP) is 0.482. The molecule has 0 aliphatic heterocycles. The predicted molar refractivity (Wildman–Crippen MR) is 69.5 cm³/mol. The Morgan fingerprint density at radius 1 is 1.32 bits per heavy atom. The van der Waals surface area contributed by atoms with Gasteiger partial charge < -0.3 is 24.6 Å². The van der Waals surface area contributed by atoms with Gasteiger partial charge in [0, 0.05) is 20.2 Å². The second kappa shape index (κ2) is 7.60. The summed E-state index contributed by atoms with van der Waals surface area (Å²) in [6.45, 7) is 0.724. The van der Waals surface area contributed by atoms with Crippen LogP contribution in [0.1, 0.15) is 10.4 Å². The Labute approximate surface area is 112 Å². The van der Waals surface area contributed by atoms with Crippen molar-refractivity contribution < 1.29 is 24.5 Å². The van der Waals surface area contributed by atoms with Crippen molar-refractivity contribution in [3.8, 4) is 11.5 Å². The number of ether oxygens (including phenoxy) is 2. The number of benzene rings is 1. The summed E-state index contributed by atoms with van der Waals surface area (Å²) in [5.74, 6) is -0.00880. The van der Waals surface area contributed by atoms with E-state index >= 15 is 0 Å². The summed E-state index contributed by atoms with van der Waals surface area (Å²) < 4.78 is 9.94. The molecule has 1 rings (SSSR count). The quantitative estimate of drug-likeness (QED) is 0.752. The number of hydrogen-bond donors (Lipinski definition) is 2. The lowest BCUT2D eigenvalue weighted by molar-refractivity contribution is 0.0653. The minimum atomic E-state index is -0.373. The molecule has 0 aliphatic carbocycles.